The van der Waals surface area contributed by atoms with Gasteiger partial charge in [0.1, 0.15) is 0 Å². The fraction of sp³-hybridized carbons (Fsp3) is 0.462. The van der Waals surface area contributed by atoms with Crippen molar-refractivity contribution in [3.63, 3.8) is 0 Å². The van der Waals surface area contributed by atoms with Crippen molar-refractivity contribution in [1.29, 1.82) is 0 Å². The van der Waals surface area contributed by atoms with Crippen LogP contribution in [0.2, 0.25) is 0 Å². The van der Waals surface area contributed by atoms with Gasteiger partial charge in [-0.1, -0.05) is 38.3 Å². The highest BCUT2D eigenvalue weighted by Gasteiger charge is 2.04. The van der Waals surface area contributed by atoms with Crippen molar-refractivity contribution in [2.45, 2.75) is 32.6 Å². The third-order valence-corrected chi connectivity index (χ3v) is 2.18. The maximum absolute atomic E-state index is 11.4. The Balaban J connectivity index is 2.20. The molecule has 0 aliphatic carbocycles. The topological polar surface area (TPSA) is 26.3 Å². The highest BCUT2D eigenvalue weighted by atomic mass is 16.5. The average Bonchev–Trinajstić information content (AvgIpc) is 2.30. The fourth-order valence-corrected chi connectivity index (χ4v) is 1.30. The monoisotopic (exact) mass is 205 g/mol. The summed E-state index contributed by atoms with van der Waals surface area (Å²) in [7, 11) is 0. The lowest BCUT2D eigenvalue weighted by Gasteiger charge is -2.03. The molecule has 0 atom stereocenters. The fourth-order valence-electron chi connectivity index (χ4n) is 1.30. The minimum atomic E-state index is -0.236. The first kappa shape index (κ1) is 11.8. The zero-order valence-corrected chi connectivity index (χ0v) is 9.16. The smallest absolute Gasteiger partial charge is 0.338 e. The SMILES string of the molecule is CCCCCCOC(=O)c1cc[c]cc1. The maximum Gasteiger partial charge on any atom is 0.338 e. The van der Waals surface area contributed by atoms with Crippen LogP contribution in [0.25, 0.3) is 0 Å². The first-order valence-electron chi connectivity index (χ1n) is 5.48. The summed E-state index contributed by atoms with van der Waals surface area (Å²) >= 11 is 0. The van der Waals surface area contributed by atoms with Gasteiger partial charge in [0.2, 0.25) is 0 Å². The van der Waals surface area contributed by atoms with Crippen LogP contribution in [-0.2, 0) is 4.74 Å². The summed E-state index contributed by atoms with van der Waals surface area (Å²) in [5.74, 6) is -0.236. The van der Waals surface area contributed by atoms with Crippen LogP contribution in [-0.4, -0.2) is 12.6 Å². The number of unbranched alkanes of at least 4 members (excludes halogenated alkanes) is 3. The second kappa shape index (κ2) is 7.04. The van der Waals surface area contributed by atoms with Crippen LogP contribution in [0.4, 0.5) is 0 Å². The number of carbonyl (C=O) groups excluding carboxylic acids is 1. The van der Waals surface area contributed by atoms with Crippen LogP contribution in [0.3, 0.4) is 0 Å². The second-order valence-electron chi connectivity index (χ2n) is 3.49. The lowest BCUT2D eigenvalue weighted by atomic mass is 10.2. The molecule has 1 aromatic rings. The predicted molar refractivity (Wildman–Crippen MR) is 59.7 cm³/mol. The molecule has 2 heteroatoms. The van der Waals surface area contributed by atoms with Crippen LogP contribution in [0.1, 0.15) is 43.0 Å². The van der Waals surface area contributed by atoms with E-state index in [1.54, 1.807) is 24.3 Å². The van der Waals surface area contributed by atoms with E-state index in [0.717, 1.165) is 12.8 Å². The molecule has 1 radical (unpaired) electrons. The Morgan fingerprint density at radius 1 is 1.27 bits per heavy atom. The quantitative estimate of drug-likeness (QED) is 0.526. The van der Waals surface area contributed by atoms with Crippen molar-refractivity contribution in [3.05, 3.63) is 35.9 Å². The van der Waals surface area contributed by atoms with Gasteiger partial charge in [0, 0.05) is 0 Å². The summed E-state index contributed by atoms with van der Waals surface area (Å²) in [5.41, 5.74) is 0.601. The molecule has 0 saturated carbocycles. The van der Waals surface area contributed by atoms with Crippen molar-refractivity contribution in [1.82, 2.24) is 0 Å². The first-order chi connectivity index (χ1) is 7.34. The predicted octanol–water partition coefficient (Wildman–Crippen LogP) is 3.22. The molecule has 1 rings (SSSR count). The van der Waals surface area contributed by atoms with E-state index in [1.807, 2.05) is 0 Å². The van der Waals surface area contributed by atoms with Gasteiger partial charge in [-0.3, -0.25) is 0 Å². The minimum Gasteiger partial charge on any atom is -0.462 e. The molecular formula is C13H17O2. The summed E-state index contributed by atoms with van der Waals surface area (Å²) in [4.78, 5) is 11.4. The Bertz CT molecular complexity index is 280. The Morgan fingerprint density at radius 2 is 2.00 bits per heavy atom. The van der Waals surface area contributed by atoms with Gasteiger partial charge in [-0.05, 0) is 24.6 Å². The van der Waals surface area contributed by atoms with E-state index >= 15 is 0 Å². The van der Waals surface area contributed by atoms with Crippen molar-refractivity contribution < 1.29 is 9.53 Å². The summed E-state index contributed by atoms with van der Waals surface area (Å²) in [6.45, 7) is 2.68. The van der Waals surface area contributed by atoms with Gasteiger partial charge in [0.05, 0.1) is 12.2 Å². The van der Waals surface area contributed by atoms with Crippen molar-refractivity contribution in [2.24, 2.45) is 0 Å². The molecule has 0 aliphatic rings. The summed E-state index contributed by atoms with van der Waals surface area (Å²) < 4.78 is 5.12. The molecule has 0 saturated heterocycles. The van der Waals surface area contributed by atoms with E-state index in [4.69, 9.17) is 4.74 Å². The molecule has 0 heterocycles. The number of ether oxygens (including phenoxy) is 1. The molecule has 15 heavy (non-hydrogen) atoms. The standard InChI is InChI=1S/C13H17O2/c1-2-3-4-8-11-15-13(14)12-9-6-5-7-10-12/h6-7,9-10H,2-4,8,11H2,1H3. The first-order valence-corrected chi connectivity index (χ1v) is 5.48. The number of hydrogen-bond acceptors (Lipinski definition) is 2. The number of esters is 1. The van der Waals surface area contributed by atoms with Gasteiger partial charge in [-0.25, -0.2) is 4.79 Å². The van der Waals surface area contributed by atoms with Gasteiger partial charge in [-0.2, -0.15) is 0 Å². The largest absolute Gasteiger partial charge is 0.462 e. The van der Waals surface area contributed by atoms with E-state index in [0.29, 0.717) is 12.2 Å². The van der Waals surface area contributed by atoms with Crippen LogP contribution in [0.15, 0.2) is 24.3 Å². The Morgan fingerprint density at radius 3 is 2.67 bits per heavy atom. The van der Waals surface area contributed by atoms with Crippen molar-refractivity contribution >= 4 is 5.97 Å². The summed E-state index contributed by atoms with van der Waals surface area (Å²) in [6, 6.07) is 9.73. The molecule has 0 amide bonds. The Hall–Kier alpha value is -1.31. The van der Waals surface area contributed by atoms with E-state index in [1.165, 1.54) is 12.8 Å². The van der Waals surface area contributed by atoms with Gasteiger partial charge in [-0.15, -0.1) is 0 Å². The van der Waals surface area contributed by atoms with Crippen LogP contribution >= 0.6 is 0 Å². The maximum atomic E-state index is 11.4. The molecule has 0 aromatic heterocycles. The summed E-state index contributed by atoms with van der Waals surface area (Å²) in [6.07, 6.45) is 4.49. The van der Waals surface area contributed by atoms with Crippen molar-refractivity contribution in [3.8, 4) is 0 Å². The average molecular weight is 205 g/mol. The molecule has 0 aliphatic heterocycles. The van der Waals surface area contributed by atoms with Crippen LogP contribution in [0.5, 0.6) is 0 Å². The third kappa shape index (κ3) is 4.63. The Labute approximate surface area is 91.3 Å². The zero-order chi connectivity index (χ0) is 10.9. The molecule has 0 bridgehead atoms. The normalized spacial score (nSPS) is 9.93. The highest BCUT2D eigenvalue weighted by Crippen LogP contribution is 2.03. The number of carbonyl (C=O) groups is 1. The summed E-state index contributed by atoms with van der Waals surface area (Å²) in [5, 5.41) is 0. The third-order valence-electron chi connectivity index (χ3n) is 2.18. The Kier molecular flexibility index (Phi) is 5.52. The molecule has 0 fully saturated rings. The number of hydrogen-bond donors (Lipinski definition) is 0. The molecular weight excluding hydrogens is 188 g/mol. The molecule has 81 valence electrons. The molecule has 0 unspecified atom stereocenters. The molecule has 0 spiro atoms. The molecule has 2 nitrogen and oxygen atoms in total. The second-order valence-corrected chi connectivity index (χ2v) is 3.49. The molecule has 0 N–H and O–H groups in total. The minimum absolute atomic E-state index is 0.236. The number of rotatable bonds is 6. The number of benzene rings is 1. The lowest BCUT2D eigenvalue weighted by molar-refractivity contribution is 0.0498. The van der Waals surface area contributed by atoms with Crippen LogP contribution in [0, 0.1) is 6.07 Å². The van der Waals surface area contributed by atoms with Gasteiger partial charge >= 0.3 is 5.97 Å². The zero-order valence-electron chi connectivity index (χ0n) is 9.16. The van der Waals surface area contributed by atoms with E-state index in [9.17, 15) is 4.79 Å². The van der Waals surface area contributed by atoms with E-state index in [2.05, 4.69) is 13.0 Å². The van der Waals surface area contributed by atoms with E-state index < -0.39 is 0 Å². The van der Waals surface area contributed by atoms with Gasteiger partial charge in [0.25, 0.3) is 0 Å². The van der Waals surface area contributed by atoms with Crippen LogP contribution < -0.4 is 0 Å². The highest BCUT2D eigenvalue weighted by molar-refractivity contribution is 5.89. The lowest BCUT2D eigenvalue weighted by Crippen LogP contribution is -2.06. The van der Waals surface area contributed by atoms with Gasteiger partial charge < -0.3 is 4.74 Å². The van der Waals surface area contributed by atoms with Gasteiger partial charge in [0.15, 0.2) is 0 Å². The van der Waals surface area contributed by atoms with E-state index in [-0.39, 0.29) is 5.97 Å². The molecule has 1 aromatic carbocycles. The van der Waals surface area contributed by atoms with Crippen molar-refractivity contribution in [2.75, 3.05) is 6.61 Å².